The van der Waals surface area contributed by atoms with Gasteiger partial charge in [0.25, 0.3) is 0 Å². The molecule has 3 nitrogen and oxygen atoms in total. The maximum Gasteiger partial charge on any atom is 0.231 e. The number of rotatable bonds is 4. The average Bonchev–Trinajstić information content (AvgIpc) is 2.99. The minimum absolute atomic E-state index is 0.149. The molecule has 0 amide bonds. The molecule has 1 aliphatic rings. The third kappa shape index (κ3) is 4.06. The summed E-state index contributed by atoms with van der Waals surface area (Å²) in [6.45, 7) is 2.07. The van der Waals surface area contributed by atoms with Crippen LogP contribution in [0.5, 0.6) is 11.5 Å². The van der Waals surface area contributed by atoms with Gasteiger partial charge in [-0.3, -0.25) is 4.79 Å². The summed E-state index contributed by atoms with van der Waals surface area (Å²) in [5.74, 6) is 1.26. The lowest BCUT2D eigenvalue weighted by Gasteiger charge is -2.13. The molecule has 3 aromatic rings. The zero-order chi connectivity index (χ0) is 20.5. The third-order valence-electron chi connectivity index (χ3n) is 4.62. The monoisotopic (exact) mass is 488 g/mol. The SMILES string of the molecule is Cc1c(OCc2c(Cl)cccc2Cl)ccc2c1O/C(=C\c1cccc(Br)c1)C2=O. The fourth-order valence-corrected chi connectivity index (χ4v) is 4.02. The first kappa shape index (κ1) is 20.0. The van der Waals surface area contributed by atoms with E-state index < -0.39 is 0 Å². The van der Waals surface area contributed by atoms with Gasteiger partial charge in [0.2, 0.25) is 5.78 Å². The van der Waals surface area contributed by atoms with Gasteiger partial charge in [0.1, 0.15) is 18.1 Å². The van der Waals surface area contributed by atoms with Crippen molar-refractivity contribution in [3.63, 3.8) is 0 Å². The van der Waals surface area contributed by atoms with Crippen LogP contribution in [0.4, 0.5) is 0 Å². The van der Waals surface area contributed by atoms with Gasteiger partial charge in [0.05, 0.1) is 5.56 Å². The van der Waals surface area contributed by atoms with E-state index in [2.05, 4.69) is 15.9 Å². The highest BCUT2D eigenvalue weighted by molar-refractivity contribution is 9.10. The summed E-state index contributed by atoms with van der Waals surface area (Å²) in [5.41, 5.74) is 2.85. The lowest BCUT2D eigenvalue weighted by atomic mass is 10.1. The molecule has 29 heavy (non-hydrogen) atoms. The van der Waals surface area contributed by atoms with E-state index in [1.807, 2.05) is 31.2 Å². The first-order valence-corrected chi connectivity index (χ1v) is 10.4. The van der Waals surface area contributed by atoms with Crippen LogP contribution in [-0.2, 0) is 6.61 Å². The Morgan fingerprint density at radius 1 is 1.07 bits per heavy atom. The van der Waals surface area contributed by atoms with E-state index >= 15 is 0 Å². The van der Waals surface area contributed by atoms with Gasteiger partial charge < -0.3 is 9.47 Å². The summed E-state index contributed by atoms with van der Waals surface area (Å²) < 4.78 is 12.8. The normalized spacial score (nSPS) is 14.1. The predicted molar refractivity (Wildman–Crippen MR) is 119 cm³/mol. The molecule has 0 atom stereocenters. The Morgan fingerprint density at radius 3 is 2.52 bits per heavy atom. The number of halogens is 3. The molecule has 146 valence electrons. The van der Waals surface area contributed by atoms with Gasteiger partial charge in [-0.25, -0.2) is 0 Å². The van der Waals surface area contributed by atoms with Crippen LogP contribution < -0.4 is 9.47 Å². The quantitative estimate of drug-likeness (QED) is 0.362. The fraction of sp³-hybridized carbons (Fsp3) is 0.0870. The van der Waals surface area contributed by atoms with Gasteiger partial charge in [-0.05, 0) is 55.0 Å². The minimum atomic E-state index is -0.149. The largest absolute Gasteiger partial charge is 0.488 e. The summed E-state index contributed by atoms with van der Waals surface area (Å²) in [5, 5.41) is 1.09. The van der Waals surface area contributed by atoms with Gasteiger partial charge >= 0.3 is 0 Å². The van der Waals surface area contributed by atoms with Crippen molar-refractivity contribution in [3.8, 4) is 11.5 Å². The Kier molecular flexibility index (Phi) is 5.68. The molecule has 0 saturated carbocycles. The Balaban J connectivity index is 1.60. The van der Waals surface area contributed by atoms with E-state index in [0.29, 0.717) is 32.7 Å². The second-order valence-electron chi connectivity index (χ2n) is 6.55. The smallest absolute Gasteiger partial charge is 0.231 e. The number of allylic oxidation sites excluding steroid dienone is 1. The second kappa shape index (κ2) is 8.23. The molecule has 0 bridgehead atoms. The van der Waals surface area contributed by atoms with Gasteiger partial charge in [0, 0.05) is 25.6 Å². The molecule has 3 aromatic carbocycles. The van der Waals surface area contributed by atoms with E-state index in [1.54, 1.807) is 36.4 Å². The Labute approximate surface area is 187 Å². The van der Waals surface area contributed by atoms with Gasteiger partial charge in [0.15, 0.2) is 5.76 Å². The fourth-order valence-electron chi connectivity index (χ4n) is 3.09. The van der Waals surface area contributed by atoms with Crippen LogP contribution in [0.3, 0.4) is 0 Å². The maximum absolute atomic E-state index is 12.7. The van der Waals surface area contributed by atoms with Crippen molar-refractivity contribution in [1.29, 1.82) is 0 Å². The van der Waals surface area contributed by atoms with E-state index in [4.69, 9.17) is 32.7 Å². The van der Waals surface area contributed by atoms with Crippen molar-refractivity contribution < 1.29 is 14.3 Å². The lowest BCUT2D eigenvalue weighted by molar-refractivity contribution is 0.101. The van der Waals surface area contributed by atoms with Crippen LogP contribution in [0.15, 0.2) is 64.8 Å². The highest BCUT2D eigenvalue weighted by Crippen LogP contribution is 2.40. The lowest BCUT2D eigenvalue weighted by Crippen LogP contribution is -2.00. The molecule has 0 spiro atoms. The van der Waals surface area contributed by atoms with Crippen LogP contribution in [-0.4, -0.2) is 5.78 Å². The molecule has 0 unspecified atom stereocenters. The molecule has 0 fully saturated rings. The molecule has 4 rings (SSSR count). The Hall–Kier alpha value is -2.27. The number of ether oxygens (including phenoxy) is 2. The Bertz CT molecular complexity index is 1130. The maximum atomic E-state index is 12.7. The number of fused-ring (bicyclic) bond motifs is 1. The van der Waals surface area contributed by atoms with Crippen LogP contribution >= 0.6 is 39.1 Å². The summed E-state index contributed by atoms with van der Waals surface area (Å²) in [6.07, 6.45) is 1.73. The second-order valence-corrected chi connectivity index (χ2v) is 8.28. The van der Waals surface area contributed by atoms with Gasteiger partial charge in [-0.1, -0.05) is 57.3 Å². The van der Waals surface area contributed by atoms with Crippen LogP contribution in [0.25, 0.3) is 6.08 Å². The molecular weight excluding hydrogens is 475 g/mol. The van der Waals surface area contributed by atoms with Crippen molar-refractivity contribution >= 4 is 51.0 Å². The first-order chi connectivity index (χ1) is 13.9. The molecule has 0 saturated heterocycles. The van der Waals surface area contributed by atoms with Crippen LogP contribution in [0.2, 0.25) is 10.0 Å². The molecule has 0 aliphatic carbocycles. The van der Waals surface area contributed by atoms with E-state index in [1.165, 1.54) is 0 Å². The highest BCUT2D eigenvalue weighted by Gasteiger charge is 2.30. The highest BCUT2D eigenvalue weighted by atomic mass is 79.9. The summed E-state index contributed by atoms with van der Waals surface area (Å²) >= 11 is 15.9. The minimum Gasteiger partial charge on any atom is -0.488 e. The number of Topliss-reactive ketones (excluding diaryl/α,β-unsaturated/α-hetero) is 1. The average molecular weight is 490 g/mol. The summed E-state index contributed by atoms with van der Waals surface area (Å²) in [4.78, 5) is 12.7. The van der Waals surface area contributed by atoms with Crippen molar-refractivity contribution in [2.24, 2.45) is 0 Å². The zero-order valence-corrected chi connectivity index (χ0v) is 18.4. The number of hydrogen-bond acceptors (Lipinski definition) is 3. The van der Waals surface area contributed by atoms with E-state index in [-0.39, 0.29) is 18.1 Å². The van der Waals surface area contributed by atoms with Gasteiger partial charge in [-0.2, -0.15) is 0 Å². The van der Waals surface area contributed by atoms with E-state index in [9.17, 15) is 4.79 Å². The molecule has 1 aliphatic heterocycles. The topological polar surface area (TPSA) is 35.5 Å². The Morgan fingerprint density at radius 2 is 1.79 bits per heavy atom. The summed E-state index contributed by atoms with van der Waals surface area (Å²) in [7, 11) is 0. The third-order valence-corrected chi connectivity index (χ3v) is 5.82. The summed E-state index contributed by atoms with van der Waals surface area (Å²) in [6, 6.07) is 16.5. The number of hydrogen-bond donors (Lipinski definition) is 0. The number of benzene rings is 3. The van der Waals surface area contributed by atoms with E-state index in [0.717, 1.165) is 15.6 Å². The van der Waals surface area contributed by atoms with Crippen molar-refractivity contribution in [2.45, 2.75) is 13.5 Å². The van der Waals surface area contributed by atoms with Crippen LogP contribution in [0.1, 0.15) is 27.0 Å². The number of ketones is 1. The van der Waals surface area contributed by atoms with Crippen molar-refractivity contribution in [3.05, 3.63) is 97.1 Å². The van der Waals surface area contributed by atoms with Crippen LogP contribution in [0, 0.1) is 6.92 Å². The molecule has 0 aromatic heterocycles. The number of carbonyl (C=O) groups is 1. The van der Waals surface area contributed by atoms with Crippen molar-refractivity contribution in [2.75, 3.05) is 0 Å². The molecule has 1 heterocycles. The predicted octanol–water partition coefficient (Wildman–Crippen LogP) is 7.26. The number of carbonyl (C=O) groups excluding carboxylic acids is 1. The molecular formula is C23H15BrCl2O3. The zero-order valence-electron chi connectivity index (χ0n) is 15.3. The first-order valence-electron chi connectivity index (χ1n) is 8.83. The molecule has 6 heteroatoms. The van der Waals surface area contributed by atoms with Crippen molar-refractivity contribution in [1.82, 2.24) is 0 Å². The molecule has 0 N–H and O–H groups in total. The van der Waals surface area contributed by atoms with Gasteiger partial charge in [-0.15, -0.1) is 0 Å². The standard InChI is InChI=1S/C23H15BrCl2O3/c1-13-20(28-12-17-18(25)6-3-7-19(17)26)9-8-16-22(27)21(29-23(13)16)11-14-4-2-5-15(24)10-14/h2-11H,12H2,1H3/b21-11-. The molecule has 0 radical (unpaired) electrons.